The van der Waals surface area contributed by atoms with Crippen LogP contribution in [0.15, 0.2) is 60.8 Å². The molecule has 0 amide bonds. The van der Waals surface area contributed by atoms with Gasteiger partial charge in [-0.2, -0.15) is 0 Å². The molecular weight excluding hydrogens is 430 g/mol. The van der Waals surface area contributed by atoms with Crippen molar-refractivity contribution in [3.63, 3.8) is 0 Å². The molecule has 2 aromatic carbocycles. The molecule has 4 aromatic rings. The molecule has 4 rings (SSSR count). The number of ether oxygens (including phenoxy) is 2. The molecule has 0 fully saturated rings. The summed E-state index contributed by atoms with van der Waals surface area (Å²) in [4.78, 5) is 39.9. The molecule has 0 aliphatic carbocycles. The number of halogens is 1. The first-order valence-corrected chi connectivity index (χ1v) is 10.6. The summed E-state index contributed by atoms with van der Waals surface area (Å²) in [6.07, 6.45) is 1.66. The highest BCUT2D eigenvalue weighted by Crippen LogP contribution is 2.33. The first-order chi connectivity index (χ1) is 15.5. The van der Waals surface area contributed by atoms with Crippen LogP contribution in [0.3, 0.4) is 0 Å². The molecule has 0 unspecified atom stereocenters. The Kier molecular flexibility index (Phi) is 5.97. The summed E-state index contributed by atoms with van der Waals surface area (Å²) < 4.78 is 12.1. The van der Waals surface area contributed by atoms with Gasteiger partial charge in [0.25, 0.3) is 0 Å². The van der Waals surface area contributed by atoms with Crippen molar-refractivity contribution in [3.05, 3.63) is 88.2 Å². The van der Waals surface area contributed by atoms with Crippen LogP contribution in [0.4, 0.5) is 0 Å². The summed E-state index contributed by atoms with van der Waals surface area (Å²) >= 11 is 6.29. The van der Waals surface area contributed by atoms with E-state index in [9.17, 15) is 14.4 Å². The predicted octanol–water partition coefficient (Wildman–Crippen LogP) is 5.33. The van der Waals surface area contributed by atoms with Crippen LogP contribution in [0, 0.1) is 0 Å². The summed E-state index contributed by atoms with van der Waals surface area (Å²) in [6.45, 7) is 3.52. The molecule has 0 saturated carbocycles. The van der Waals surface area contributed by atoms with Gasteiger partial charge >= 0.3 is 11.9 Å². The average molecular weight is 450 g/mol. The van der Waals surface area contributed by atoms with Crippen LogP contribution < -0.4 is 0 Å². The Balaban J connectivity index is 2.17. The van der Waals surface area contributed by atoms with Crippen molar-refractivity contribution in [1.29, 1.82) is 0 Å². The molecule has 0 saturated heterocycles. The Morgan fingerprint density at radius 2 is 1.47 bits per heavy atom. The molecule has 2 aromatic heterocycles. The molecule has 0 aliphatic rings. The molecule has 0 spiro atoms. The summed E-state index contributed by atoms with van der Waals surface area (Å²) in [7, 11) is 0. The van der Waals surface area contributed by atoms with Crippen molar-refractivity contribution >= 4 is 45.6 Å². The Morgan fingerprint density at radius 1 is 0.844 bits per heavy atom. The van der Waals surface area contributed by atoms with Crippen molar-refractivity contribution in [3.8, 4) is 0 Å². The van der Waals surface area contributed by atoms with E-state index >= 15 is 0 Å². The lowest BCUT2D eigenvalue weighted by Gasteiger charge is -2.08. The first kappa shape index (κ1) is 21.6. The second-order valence-electron chi connectivity index (χ2n) is 6.97. The number of hydrogen-bond acceptors (Lipinski definition) is 5. The number of hydrogen-bond donors (Lipinski definition) is 0. The summed E-state index contributed by atoms with van der Waals surface area (Å²) in [5, 5.41) is 1.78. The molecule has 0 bridgehead atoms. The molecule has 6 nitrogen and oxygen atoms in total. The van der Waals surface area contributed by atoms with Gasteiger partial charge in [0.1, 0.15) is 16.8 Å². The minimum atomic E-state index is -0.779. The van der Waals surface area contributed by atoms with Crippen LogP contribution in [0.2, 0.25) is 5.02 Å². The van der Waals surface area contributed by atoms with Crippen LogP contribution >= 0.6 is 11.6 Å². The molecule has 0 radical (unpaired) electrons. The lowest BCUT2D eigenvalue weighted by Crippen LogP contribution is -2.17. The normalized spacial score (nSPS) is 11.0. The highest BCUT2D eigenvalue weighted by molar-refractivity contribution is 6.35. The Labute approximate surface area is 189 Å². The second kappa shape index (κ2) is 8.85. The largest absolute Gasteiger partial charge is 0.462 e. The number of pyridine rings is 1. The van der Waals surface area contributed by atoms with Gasteiger partial charge in [0.05, 0.1) is 23.8 Å². The minimum absolute atomic E-state index is 0.000330. The molecular formula is C25H20ClNO5. The molecule has 7 heteroatoms. The predicted molar refractivity (Wildman–Crippen MR) is 122 cm³/mol. The van der Waals surface area contributed by atoms with Crippen molar-refractivity contribution in [1.82, 2.24) is 4.40 Å². The van der Waals surface area contributed by atoms with E-state index in [0.717, 1.165) is 5.39 Å². The fourth-order valence-corrected chi connectivity index (χ4v) is 4.04. The highest BCUT2D eigenvalue weighted by atomic mass is 35.5. The van der Waals surface area contributed by atoms with Gasteiger partial charge < -0.3 is 13.9 Å². The van der Waals surface area contributed by atoms with E-state index in [1.807, 2.05) is 30.3 Å². The van der Waals surface area contributed by atoms with E-state index in [0.29, 0.717) is 10.9 Å². The smallest absolute Gasteiger partial charge is 0.341 e. The lowest BCUT2D eigenvalue weighted by molar-refractivity contribution is 0.0480. The number of carbonyl (C=O) groups excluding carboxylic acids is 3. The van der Waals surface area contributed by atoms with Gasteiger partial charge in [-0.15, -0.1) is 0 Å². The molecule has 0 atom stereocenters. The molecule has 32 heavy (non-hydrogen) atoms. The Morgan fingerprint density at radius 3 is 2.16 bits per heavy atom. The standard InChI is InChI=1S/C25H20ClNO5/c1-3-31-24(29)19-20(25(30)32-4-2)22(23(28)17-11-7-8-12-18(17)26)27-14-13-15-9-5-6-10-16(15)21(19)27/h5-14H,3-4H2,1-2H3. The summed E-state index contributed by atoms with van der Waals surface area (Å²) in [5.41, 5.74) is 0.479. The van der Waals surface area contributed by atoms with Crippen LogP contribution in [0.1, 0.15) is 50.6 Å². The fourth-order valence-electron chi connectivity index (χ4n) is 3.82. The number of ketones is 1. The topological polar surface area (TPSA) is 74.1 Å². The van der Waals surface area contributed by atoms with E-state index in [1.54, 1.807) is 48.7 Å². The third-order valence-corrected chi connectivity index (χ3v) is 5.45. The molecule has 162 valence electrons. The zero-order chi connectivity index (χ0) is 22.8. The van der Waals surface area contributed by atoms with E-state index in [1.165, 1.54) is 0 Å². The van der Waals surface area contributed by atoms with Crippen molar-refractivity contribution in [2.24, 2.45) is 0 Å². The Bertz CT molecular complexity index is 1370. The van der Waals surface area contributed by atoms with Gasteiger partial charge in [0.15, 0.2) is 0 Å². The second-order valence-corrected chi connectivity index (χ2v) is 7.38. The quantitative estimate of drug-likeness (QED) is 0.294. The third kappa shape index (κ3) is 3.52. The van der Waals surface area contributed by atoms with Gasteiger partial charge in [0.2, 0.25) is 5.78 Å². The number of fused-ring (bicyclic) bond motifs is 3. The monoisotopic (exact) mass is 449 g/mol. The molecule has 2 heterocycles. The van der Waals surface area contributed by atoms with Crippen LogP contribution in [-0.2, 0) is 9.47 Å². The SMILES string of the molecule is CCOC(=O)c1c(C(=O)OCC)c2c3ccccc3ccn2c1C(=O)c1ccccc1Cl. The van der Waals surface area contributed by atoms with Crippen LogP contribution in [0.5, 0.6) is 0 Å². The van der Waals surface area contributed by atoms with E-state index in [-0.39, 0.29) is 40.6 Å². The number of nitrogens with zero attached hydrogens (tertiary/aromatic N) is 1. The van der Waals surface area contributed by atoms with Gasteiger partial charge in [-0.3, -0.25) is 4.79 Å². The zero-order valence-electron chi connectivity index (χ0n) is 17.6. The van der Waals surface area contributed by atoms with Gasteiger partial charge in [-0.05, 0) is 37.4 Å². The number of aromatic nitrogens is 1. The fraction of sp³-hybridized carbons (Fsp3) is 0.160. The van der Waals surface area contributed by atoms with E-state index in [2.05, 4.69) is 0 Å². The van der Waals surface area contributed by atoms with Gasteiger partial charge in [-0.1, -0.05) is 48.0 Å². The van der Waals surface area contributed by atoms with Crippen molar-refractivity contribution in [2.75, 3.05) is 13.2 Å². The van der Waals surface area contributed by atoms with Crippen molar-refractivity contribution in [2.45, 2.75) is 13.8 Å². The first-order valence-electron chi connectivity index (χ1n) is 10.2. The van der Waals surface area contributed by atoms with E-state index < -0.39 is 17.7 Å². The summed E-state index contributed by atoms with van der Waals surface area (Å²) in [5.74, 6) is -1.99. The van der Waals surface area contributed by atoms with Crippen molar-refractivity contribution < 1.29 is 23.9 Å². The highest BCUT2D eigenvalue weighted by Gasteiger charge is 2.34. The third-order valence-electron chi connectivity index (χ3n) is 5.12. The van der Waals surface area contributed by atoms with Gasteiger partial charge in [0, 0.05) is 17.1 Å². The average Bonchev–Trinajstić information content (AvgIpc) is 3.15. The number of carbonyl (C=O) groups is 3. The van der Waals surface area contributed by atoms with Crippen LogP contribution in [0.25, 0.3) is 16.3 Å². The maximum absolute atomic E-state index is 13.7. The van der Waals surface area contributed by atoms with Crippen LogP contribution in [-0.4, -0.2) is 35.3 Å². The number of rotatable bonds is 6. The molecule has 0 aliphatic heterocycles. The molecule has 0 N–H and O–H groups in total. The zero-order valence-corrected chi connectivity index (χ0v) is 18.3. The number of esters is 2. The number of benzene rings is 2. The van der Waals surface area contributed by atoms with Gasteiger partial charge in [-0.25, -0.2) is 9.59 Å². The van der Waals surface area contributed by atoms with E-state index in [4.69, 9.17) is 21.1 Å². The minimum Gasteiger partial charge on any atom is -0.462 e. The Hall–Kier alpha value is -3.64. The maximum Gasteiger partial charge on any atom is 0.341 e. The lowest BCUT2D eigenvalue weighted by atomic mass is 10.0. The maximum atomic E-state index is 13.7. The summed E-state index contributed by atoms with van der Waals surface area (Å²) in [6, 6.07) is 15.8.